The standard InChI is InChI=1S/C34H48N4O4.C29H40N4O2.ClH/c1-23-6-13-30-27(18-23)20-31-28(21-35-36(31)5)22-38(30)32(40)26-10-7-24(8-11-26)9-12-29(39)19-25-14-16-37(17-15-25)33(41)42-34(2,3)4;1-20-3-10-27-24(15-20)17-28-25(18-31-32(28)2)19-33(27)29(35)23-7-4-21(5-8-23)6-9-26(34)16-22-11-13-30-14-12-22;/h6,13,18,21,24-26H,7-12,14-17,19-20,22H2,1-5H3;3,10,15,18,21-23,30H,4-9,11-14,16-17,19H2,1-2H3;1H. The van der Waals surface area contributed by atoms with Crippen molar-refractivity contribution in [3.05, 3.63) is 93.6 Å². The molecule has 14 nitrogen and oxygen atoms in total. The molecule has 2 aliphatic carbocycles. The summed E-state index contributed by atoms with van der Waals surface area (Å²) in [6, 6.07) is 12.9. The van der Waals surface area contributed by atoms with Crippen molar-refractivity contribution in [2.45, 2.75) is 182 Å². The predicted molar refractivity (Wildman–Crippen MR) is 309 cm³/mol. The molecule has 3 amide bonds. The van der Waals surface area contributed by atoms with Gasteiger partial charge in [-0.25, -0.2) is 4.79 Å². The molecule has 2 aromatic heterocycles. The van der Waals surface area contributed by atoms with Gasteiger partial charge in [0, 0.05) is 111 Å². The van der Waals surface area contributed by atoms with E-state index in [1.54, 1.807) is 4.90 Å². The molecular formula is C63H89ClN8O6. The van der Waals surface area contributed by atoms with Crippen molar-refractivity contribution in [2.75, 3.05) is 36.0 Å². The van der Waals surface area contributed by atoms with Gasteiger partial charge < -0.3 is 24.8 Å². The Bertz CT molecular complexity index is 2730. The smallest absolute Gasteiger partial charge is 0.410 e. The van der Waals surface area contributed by atoms with E-state index in [0.29, 0.717) is 74.3 Å². The van der Waals surface area contributed by atoms with E-state index in [1.807, 2.05) is 66.4 Å². The number of Topliss-reactive ketones (excluding diaryl/α,β-unsaturated/α-hetero) is 2. The summed E-state index contributed by atoms with van der Waals surface area (Å²) >= 11 is 0. The maximum atomic E-state index is 13.9. The van der Waals surface area contributed by atoms with E-state index in [2.05, 4.69) is 65.8 Å². The van der Waals surface area contributed by atoms with Gasteiger partial charge in [0.15, 0.2) is 0 Å². The number of nitrogens with one attached hydrogen (secondary N) is 1. The molecular weight excluding hydrogens is 1000 g/mol. The Labute approximate surface area is 470 Å². The Kier molecular flexibility index (Phi) is 19.8. The highest BCUT2D eigenvalue weighted by Crippen LogP contribution is 2.40. The number of fused-ring (bicyclic) bond motifs is 4. The molecule has 2 saturated heterocycles. The number of benzene rings is 2. The molecule has 0 atom stereocenters. The highest BCUT2D eigenvalue weighted by Gasteiger charge is 2.36. The number of piperidine rings is 2. The molecule has 15 heteroatoms. The first-order valence-electron chi connectivity index (χ1n) is 29.5. The first kappa shape index (κ1) is 58.8. The van der Waals surface area contributed by atoms with Crippen LogP contribution < -0.4 is 15.1 Å². The SMILES string of the molecule is Cc1ccc2c(c1)Cc1c(cnn1C)CN2C(=O)C1CCC(CCC(=O)CC2CCN(C(=O)OC(C)(C)C)CC2)CC1.Cc1ccc2c(c1)Cc1c(cnn1C)CN2C(=O)C1CCC(CCC(=O)CC2CCNCC2)CC1.Cl. The summed E-state index contributed by atoms with van der Waals surface area (Å²) in [5.41, 5.74) is 11.1. The second kappa shape index (κ2) is 26.3. The molecule has 0 unspecified atom stereocenters. The van der Waals surface area contributed by atoms with Crippen LogP contribution >= 0.6 is 12.4 Å². The third-order valence-electron chi connectivity index (χ3n) is 18.1. The average molecular weight is 1090 g/mol. The van der Waals surface area contributed by atoms with Crippen molar-refractivity contribution in [1.29, 1.82) is 0 Å². The van der Waals surface area contributed by atoms with E-state index in [4.69, 9.17) is 4.74 Å². The minimum absolute atomic E-state index is 0. The molecule has 4 aromatic rings. The Morgan fingerprint density at radius 1 is 0.577 bits per heavy atom. The summed E-state index contributed by atoms with van der Waals surface area (Å²) in [6.45, 7) is 14.5. The quantitative estimate of drug-likeness (QED) is 0.146. The zero-order valence-corrected chi connectivity index (χ0v) is 48.8. The van der Waals surface area contributed by atoms with Gasteiger partial charge in [0.25, 0.3) is 0 Å². The van der Waals surface area contributed by atoms with Crippen molar-refractivity contribution < 1.29 is 28.7 Å². The summed E-state index contributed by atoms with van der Waals surface area (Å²) < 4.78 is 9.38. The topological polar surface area (TPSA) is 152 Å². The number of aromatic nitrogens is 4. The summed E-state index contributed by atoms with van der Waals surface area (Å²) in [7, 11) is 3.97. The van der Waals surface area contributed by atoms with E-state index in [1.165, 1.54) is 33.6 Å². The van der Waals surface area contributed by atoms with Crippen molar-refractivity contribution in [3.63, 3.8) is 0 Å². The average Bonchev–Trinajstić information content (AvgIpc) is 3.86. The molecule has 0 bridgehead atoms. The molecule has 0 spiro atoms. The lowest BCUT2D eigenvalue weighted by Crippen LogP contribution is -2.42. The molecule has 6 aliphatic rings. The van der Waals surface area contributed by atoms with Gasteiger partial charge in [0.05, 0.1) is 25.5 Å². The number of halogens is 1. The van der Waals surface area contributed by atoms with Gasteiger partial charge >= 0.3 is 6.09 Å². The fourth-order valence-corrected chi connectivity index (χ4v) is 13.4. The molecule has 1 N–H and O–H groups in total. The van der Waals surface area contributed by atoms with Crippen LogP contribution in [0, 0.1) is 49.4 Å². The van der Waals surface area contributed by atoms with Gasteiger partial charge in [-0.05, 0) is 185 Å². The van der Waals surface area contributed by atoms with Crippen molar-refractivity contribution in [2.24, 2.45) is 49.6 Å². The zero-order valence-electron chi connectivity index (χ0n) is 48.0. The van der Waals surface area contributed by atoms with E-state index < -0.39 is 5.60 Å². The fourth-order valence-electron chi connectivity index (χ4n) is 13.4. The zero-order chi connectivity index (χ0) is 54.4. The summed E-state index contributed by atoms with van der Waals surface area (Å²) in [4.78, 5) is 71.2. The molecule has 10 rings (SSSR count). The monoisotopic (exact) mass is 1090 g/mol. The highest BCUT2D eigenvalue weighted by molar-refractivity contribution is 5.97. The van der Waals surface area contributed by atoms with Crippen LogP contribution in [0.5, 0.6) is 0 Å². The van der Waals surface area contributed by atoms with Crippen LogP contribution in [0.3, 0.4) is 0 Å². The number of anilines is 2. The third-order valence-corrected chi connectivity index (χ3v) is 18.1. The summed E-state index contributed by atoms with van der Waals surface area (Å²) in [6.07, 6.45) is 21.6. The number of likely N-dealkylation sites (tertiary alicyclic amines) is 1. The van der Waals surface area contributed by atoms with Crippen LogP contribution in [0.2, 0.25) is 0 Å². The van der Waals surface area contributed by atoms with Gasteiger partial charge in [-0.1, -0.05) is 35.4 Å². The number of hydrogen-bond donors (Lipinski definition) is 1. The second-order valence-electron chi connectivity index (χ2n) is 25.0. The maximum Gasteiger partial charge on any atom is 0.410 e. The van der Waals surface area contributed by atoms with Crippen molar-refractivity contribution >= 4 is 53.3 Å². The van der Waals surface area contributed by atoms with Crippen LogP contribution in [-0.4, -0.2) is 85.7 Å². The normalized spacial score (nSPS) is 21.8. The van der Waals surface area contributed by atoms with Crippen LogP contribution in [0.25, 0.3) is 0 Å². The summed E-state index contributed by atoms with van der Waals surface area (Å²) in [5, 5.41) is 12.3. The number of ether oxygens (including phenoxy) is 1. The molecule has 6 heterocycles. The van der Waals surface area contributed by atoms with E-state index >= 15 is 0 Å². The maximum absolute atomic E-state index is 13.9. The van der Waals surface area contributed by atoms with Gasteiger partial charge in [-0.2, -0.15) is 10.2 Å². The lowest BCUT2D eigenvalue weighted by atomic mass is 9.78. The number of rotatable bonds is 12. The number of nitrogens with zero attached hydrogens (tertiary/aromatic N) is 7. The van der Waals surface area contributed by atoms with Crippen LogP contribution in [0.1, 0.15) is 181 Å². The lowest BCUT2D eigenvalue weighted by Gasteiger charge is -2.33. The number of carbonyl (C=O) groups excluding carboxylic acids is 5. The third kappa shape index (κ3) is 14.9. The minimum Gasteiger partial charge on any atom is -0.444 e. The van der Waals surface area contributed by atoms with E-state index in [-0.39, 0.29) is 42.2 Å². The largest absolute Gasteiger partial charge is 0.444 e. The van der Waals surface area contributed by atoms with E-state index in [0.717, 1.165) is 151 Å². The number of carbonyl (C=O) groups is 5. The Morgan fingerprint density at radius 3 is 1.42 bits per heavy atom. The van der Waals surface area contributed by atoms with Crippen LogP contribution in [0.4, 0.5) is 16.2 Å². The predicted octanol–water partition coefficient (Wildman–Crippen LogP) is 11.5. The molecule has 0 radical (unpaired) electrons. The second-order valence-corrected chi connectivity index (χ2v) is 25.0. The Balaban J connectivity index is 0.000000206. The van der Waals surface area contributed by atoms with Crippen molar-refractivity contribution in [1.82, 2.24) is 29.8 Å². The number of aryl methyl sites for hydroxylation is 4. The fraction of sp³-hybridized carbons (Fsp3) is 0.635. The number of ketones is 2. The first-order valence-corrected chi connectivity index (χ1v) is 29.5. The Morgan fingerprint density at radius 2 is 1.00 bits per heavy atom. The molecule has 4 aliphatic heterocycles. The van der Waals surface area contributed by atoms with Crippen LogP contribution in [0.15, 0.2) is 48.8 Å². The number of amides is 3. The first-order chi connectivity index (χ1) is 36.9. The van der Waals surface area contributed by atoms with Gasteiger partial charge in [-0.3, -0.25) is 28.5 Å². The van der Waals surface area contributed by atoms with Gasteiger partial charge in [-0.15, -0.1) is 12.4 Å². The minimum atomic E-state index is -0.488. The Hall–Kier alpha value is -5.34. The number of hydrogen-bond acceptors (Lipinski definition) is 9. The molecule has 424 valence electrons. The van der Waals surface area contributed by atoms with E-state index in [9.17, 15) is 24.0 Å². The summed E-state index contributed by atoms with van der Waals surface area (Å²) in [5.74, 6) is 3.39. The molecule has 2 aromatic carbocycles. The van der Waals surface area contributed by atoms with Gasteiger partial charge in [0.1, 0.15) is 17.2 Å². The lowest BCUT2D eigenvalue weighted by molar-refractivity contribution is -0.124. The molecule has 78 heavy (non-hydrogen) atoms. The molecule has 2 saturated carbocycles. The van der Waals surface area contributed by atoms with Crippen LogP contribution in [-0.2, 0) is 63.9 Å². The molecule has 4 fully saturated rings. The van der Waals surface area contributed by atoms with Crippen molar-refractivity contribution in [3.8, 4) is 0 Å². The highest BCUT2D eigenvalue weighted by atomic mass is 35.5. The van der Waals surface area contributed by atoms with Gasteiger partial charge in [0.2, 0.25) is 11.8 Å².